The summed E-state index contributed by atoms with van der Waals surface area (Å²) in [6.45, 7) is 2.30. The summed E-state index contributed by atoms with van der Waals surface area (Å²) in [5.41, 5.74) is 6.85. The van der Waals surface area contributed by atoms with Gasteiger partial charge >= 0.3 is 12.1 Å². The molecule has 0 spiro atoms. The molecule has 0 bridgehead atoms. The second-order valence-electron chi connectivity index (χ2n) is 7.50. The van der Waals surface area contributed by atoms with E-state index in [0.29, 0.717) is 5.56 Å². The topological polar surface area (TPSA) is 64.6 Å². The van der Waals surface area contributed by atoms with Gasteiger partial charge in [0.2, 0.25) is 0 Å². The van der Waals surface area contributed by atoms with Gasteiger partial charge < -0.3 is 14.8 Å². The van der Waals surface area contributed by atoms with Crippen molar-refractivity contribution in [3.05, 3.63) is 94.5 Å². The molecule has 0 unspecified atom stereocenters. The smallest absolute Gasteiger partial charge is 0.407 e. The molecule has 1 aliphatic rings. The number of carbonyl (C=O) groups is 2. The molecule has 5 heteroatoms. The van der Waals surface area contributed by atoms with Crippen molar-refractivity contribution < 1.29 is 19.1 Å². The van der Waals surface area contributed by atoms with Crippen molar-refractivity contribution in [1.82, 2.24) is 5.32 Å². The normalized spacial score (nSPS) is 11.6. The molecular formula is C27H23NO4. The van der Waals surface area contributed by atoms with Crippen LogP contribution >= 0.6 is 0 Å². The highest BCUT2D eigenvalue weighted by Crippen LogP contribution is 2.44. The first-order chi connectivity index (χ1) is 15.6. The Morgan fingerprint density at radius 2 is 1.62 bits per heavy atom. The second-order valence-corrected chi connectivity index (χ2v) is 7.50. The summed E-state index contributed by atoms with van der Waals surface area (Å²) in [4.78, 5) is 23.8. The van der Waals surface area contributed by atoms with Crippen LogP contribution in [0.5, 0.6) is 0 Å². The largest absolute Gasteiger partial charge is 0.465 e. The molecule has 0 aromatic heterocycles. The first kappa shape index (κ1) is 21.2. The summed E-state index contributed by atoms with van der Waals surface area (Å²) in [6.07, 6.45) is -0.501. The Bertz CT molecular complexity index is 1190. The van der Waals surface area contributed by atoms with Crippen LogP contribution in [0.3, 0.4) is 0 Å². The number of nitrogens with one attached hydrogen (secondary N) is 1. The minimum absolute atomic E-state index is 0.0233. The Morgan fingerprint density at radius 1 is 0.969 bits per heavy atom. The van der Waals surface area contributed by atoms with Crippen molar-refractivity contribution in [1.29, 1.82) is 0 Å². The van der Waals surface area contributed by atoms with E-state index in [9.17, 15) is 9.59 Å². The molecule has 0 fully saturated rings. The van der Waals surface area contributed by atoms with E-state index in [1.807, 2.05) is 31.2 Å². The summed E-state index contributed by atoms with van der Waals surface area (Å²) >= 11 is 0. The van der Waals surface area contributed by atoms with Crippen molar-refractivity contribution in [2.75, 3.05) is 20.3 Å². The maximum Gasteiger partial charge on any atom is 0.407 e. The van der Waals surface area contributed by atoms with E-state index in [2.05, 4.69) is 41.4 Å². The second kappa shape index (κ2) is 9.40. The zero-order valence-electron chi connectivity index (χ0n) is 18.0. The molecule has 1 aliphatic carbocycles. The van der Waals surface area contributed by atoms with Crippen LogP contribution in [0, 0.1) is 18.8 Å². The van der Waals surface area contributed by atoms with Crippen LogP contribution in [0.4, 0.5) is 4.79 Å². The summed E-state index contributed by atoms with van der Waals surface area (Å²) in [5, 5.41) is 2.67. The van der Waals surface area contributed by atoms with E-state index < -0.39 is 6.09 Å². The number of carbonyl (C=O) groups excluding carboxylic acids is 2. The maximum atomic E-state index is 12.2. The van der Waals surface area contributed by atoms with Gasteiger partial charge in [-0.15, -0.1) is 0 Å². The molecule has 0 saturated carbocycles. The van der Waals surface area contributed by atoms with Crippen LogP contribution in [-0.2, 0) is 9.47 Å². The fraction of sp³-hybridized carbons (Fsp3) is 0.185. The molecule has 1 N–H and O–H groups in total. The standard InChI is InChI=1S/C27H23NO4/c1-18-16-20(26(29)31-2)14-13-19(18)8-7-15-28-27(30)32-17-25-23-11-5-3-9-21(23)22-10-4-6-12-24(22)25/h3-6,9-14,16,25H,15,17H2,1-2H3,(H,28,30). The van der Waals surface area contributed by atoms with Gasteiger partial charge in [-0.25, -0.2) is 9.59 Å². The highest BCUT2D eigenvalue weighted by Gasteiger charge is 2.28. The Kier molecular flexibility index (Phi) is 6.23. The third kappa shape index (κ3) is 4.35. The number of methoxy groups -OCH3 is 1. The van der Waals surface area contributed by atoms with E-state index in [1.165, 1.54) is 29.4 Å². The zero-order valence-corrected chi connectivity index (χ0v) is 18.0. The molecule has 5 nitrogen and oxygen atoms in total. The molecular weight excluding hydrogens is 402 g/mol. The lowest BCUT2D eigenvalue weighted by molar-refractivity contribution is 0.0600. The first-order valence-corrected chi connectivity index (χ1v) is 10.3. The van der Waals surface area contributed by atoms with Crippen LogP contribution < -0.4 is 5.32 Å². The molecule has 0 radical (unpaired) electrons. The van der Waals surface area contributed by atoms with Gasteiger partial charge in [0, 0.05) is 11.5 Å². The molecule has 32 heavy (non-hydrogen) atoms. The molecule has 0 atom stereocenters. The van der Waals surface area contributed by atoms with Gasteiger partial charge in [0.15, 0.2) is 0 Å². The van der Waals surface area contributed by atoms with Gasteiger partial charge in [-0.3, -0.25) is 0 Å². The van der Waals surface area contributed by atoms with Gasteiger partial charge in [0.25, 0.3) is 0 Å². The number of benzene rings is 3. The van der Waals surface area contributed by atoms with E-state index in [-0.39, 0.29) is 25.0 Å². The number of esters is 1. The number of amides is 1. The fourth-order valence-electron chi connectivity index (χ4n) is 3.95. The molecule has 3 aromatic carbocycles. The minimum Gasteiger partial charge on any atom is -0.465 e. The van der Waals surface area contributed by atoms with Gasteiger partial charge in [-0.2, -0.15) is 0 Å². The lowest BCUT2D eigenvalue weighted by Gasteiger charge is -2.14. The molecule has 4 rings (SSSR count). The van der Waals surface area contributed by atoms with Gasteiger partial charge in [0.05, 0.1) is 19.2 Å². The third-order valence-electron chi connectivity index (χ3n) is 5.54. The zero-order chi connectivity index (χ0) is 22.5. The van der Waals surface area contributed by atoms with Crippen molar-refractivity contribution >= 4 is 12.1 Å². The van der Waals surface area contributed by atoms with Crippen LogP contribution in [0.25, 0.3) is 11.1 Å². The van der Waals surface area contributed by atoms with Crippen molar-refractivity contribution in [2.45, 2.75) is 12.8 Å². The van der Waals surface area contributed by atoms with Gasteiger partial charge in [-0.1, -0.05) is 60.4 Å². The number of hydrogen-bond acceptors (Lipinski definition) is 4. The highest BCUT2D eigenvalue weighted by atomic mass is 16.5. The minimum atomic E-state index is -0.501. The van der Waals surface area contributed by atoms with E-state index >= 15 is 0 Å². The molecule has 0 aliphatic heterocycles. The fourth-order valence-corrected chi connectivity index (χ4v) is 3.95. The average molecular weight is 425 g/mol. The SMILES string of the molecule is COC(=O)c1ccc(C#CCNC(=O)OCC2c3ccccc3-c3ccccc32)c(C)c1. The Hall–Kier alpha value is -4.04. The van der Waals surface area contributed by atoms with E-state index in [4.69, 9.17) is 9.47 Å². The van der Waals surface area contributed by atoms with Crippen LogP contribution in [0.1, 0.15) is 38.5 Å². The maximum absolute atomic E-state index is 12.2. The number of rotatable bonds is 4. The average Bonchev–Trinajstić information content (AvgIpc) is 3.14. The van der Waals surface area contributed by atoms with E-state index in [0.717, 1.165) is 11.1 Å². The first-order valence-electron chi connectivity index (χ1n) is 10.3. The predicted octanol–water partition coefficient (Wildman–Crippen LogP) is 4.67. The van der Waals surface area contributed by atoms with Crippen molar-refractivity contribution in [3.63, 3.8) is 0 Å². The summed E-state index contributed by atoms with van der Waals surface area (Å²) in [5.74, 6) is 5.56. The van der Waals surface area contributed by atoms with Gasteiger partial charge in [-0.05, 0) is 52.9 Å². The number of aryl methyl sites for hydroxylation is 1. The Labute approximate surface area is 187 Å². The number of fused-ring (bicyclic) bond motifs is 3. The Balaban J connectivity index is 1.33. The quantitative estimate of drug-likeness (QED) is 0.487. The van der Waals surface area contributed by atoms with Crippen LogP contribution in [0.2, 0.25) is 0 Å². The number of hydrogen-bond donors (Lipinski definition) is 1. The monoisotopic (exact) mass is 425 g/mol. The third-order valence-corrected chi connectivity index (χ3v) is 5.54. The predicted molar refractivity (Wildman–Crippen MR) is 122 cm³/mol. The summed E-state index contributed by atoms with van der Waals surface area (Å²) in [6, 6.07) is 21.6. The number of alkyl carbamates (subject to hydrolysis) is 1. The lowest BCUT2D eigenvalue weighted by Crippen LogP contribution is -2.26. The summed E-state index contributed by atoms with van der Waals surface area (Å²) < 4.78 is 10.2. The van der Waals surface area contributed by atoms with Crippen LogP contribution in [0.15, 0.2) is 66.7 Å². The molecule has 160 valence electrons. The number of ether oxygens (including phenoxy) is 2. The lowest BCUT2D eigenvalue weighted by atomic mass is 9.98. The Morgan fingerprint density at radius 3 is 2.25 bits per heavy atom. The van der Waals surface area contributed by atoms with Gasteiger partial charge in [0.1, 0.15) is 6.61 Å². The molecule has 0 heterocycles. The van der Waals surface area contributed by atoms with Crippen LogP contribution in [-0.4, -0.2) is 32.3 Å². The highest BCUT2D eigenvalue weighted by molar-refractivity contribution is 5.89. The van der Waals surface area contributed by atoms with Crippen molar-refractivity contribution in [3.8, 4) is 23.0 Å². The van der Waals surface area contributed by atoms with E-state index in [1.54, 1.807) is 18.2 Å². The van der Waals surface area contributed by atoms with Crippen molar-refractivity contribution in [2.24, 2.45) is 0 Å². The molecule has 3 aromatic rings. The molecule has 0 saturated heterocycles. The molecule has 1 amide bonds. The summed E-state index contributed by atoms with van der Waals surface area (Å²) in [7, 11) is 1.35.